The number of rotatable bonds is 13. The van der Waals surface area contributed by atoms with Crippen LogP contribution in [0.25, 0.3) is 11.1 Å². The number of hydrogen-bond acceptors (Lipinski definition) is 6. The van der Waals surface area contributed by atoms with Gasteiger partial charge >= 0.3 is 0 Å². The Kier molecular flexibility index (Phi) is 8.96. The van der Waals surface area contributed by atoms with Gasteiger partial charge in [-0.15, -0.1) is 0 Å². The van der Waals surface area contributed by atoms with Gasteiger partial charge < -0.3 is 24.8 Å². The highest BCUT2D eigenvalue weighted by atomic mass is 16.5. The van der Waals surface area contributed by atoms with Gasteiger partial charge in [0.1, 0.15) is 5.69 Å². The molecular formula is C23H29N3O5. The molecule has 0 fully saturated rings. The zero-order chi connectivity index (χ0) is 21.9. The van der Waals surface area contributed by atoms with Crippen molar-refractivity contribution in [2.75, 3.05) is 51.5 Å². The van der Waals surface area contributed by atoms with E-state index in [2.05, 4.69) is 22.5 Å². The summed E-state index contributed by atoms with van der Waals surface area (Å²) in [6.45, 7) is 5.70. The summed E-state index contributed by atoms with van der Waals surface area (Å²) in [6.07, 6.45) is 3.01. The van der Waals surface area contributed by atoms with Gasteiger partial charge in [-0.2, -0.15) is 0 Å². The van der Waals surface area contributed by atoms with Crippen LogP contribution in [0.15, 0.2) is 36.5 Å². The van der Waals surface area contributed by atoms with Crippen LogP contribution in [0, 0.1) is 0 Å². The van der Waals surface area contributed by atoms with E-state index in [0.29, 0.717) is 51.7 Å². The molecule has 0 atom stereocenters. The van der Waals surface area contributed by atoms with Gasteiger partial charge in [0.05, 0.1) is 39.5 Å². The molecule has 0 saturated carbocycles. The van der Waals surface area contributed by atoms with Gasteiger partial charge in [-0.1, -0.05) is 19.1 Å². The molecule has 1 aromatic heterocycles. The van der Waals surface area contributed by atoms with Crippen LogP contribution in [0.4, 0.5) is 5.69 Å². The molecule has 1 aromatic carbocycles. The van der Waals surface area contributed by atoms with Crippen molar-refractivity contribution in [3.63, 3.8) is 0 Å². The summed E-state index contributed by atoms with van der Waals surface area (Å²) in [5, 5.41) is 5.65. The first-order chi connectivity index (χ1) is 15.2. The zero-order valence-corrected chi connectivity index (χ0v) is 17.8. The van der Waals surface area contributed by atoms with Crippen molar-refractivity contribution >= 4 is 17.5 Å². The molecular weight excluding hydrogens is 398 g/mol. The van der Waals surface area contributed by atoms with E-state index in [1.807, 2.05) is 24.3 Å². The van der Waals surface area contributed by atoms with E-state index in [1.165, 1.54) is 0 Å². The number of benzene rings is 1. The smallest absolute Gasteiger partial charge is 0.269 e. The molecule has 3 rings (SSSR count). The fourth-order valence-corrected chi connectivity index (χ4v) is 3.14. The highest BCUT2D eigenvalue weighted by Gasteiger charge is 2.18. The molecule has 2 N–H and O–H groups in total. The van der Waals surface area contributed by atoms with Gasteiger partial charge in [0, 0.05) is 25.0 Å². The van der Waals surface area contributed by atoms with E-state index in [0.717, 1.165) is 35.4 Å². The highest BCUT2D eigenvalue weighted by molar-refractivity contribution is 6.00. The maximum absolute atomic E-state index is 12.4. The lowest BCUT2D eigenvalue weighted by atomic mass is 10.0. The summed E-state index contributed by atoms with van der Waals surface area (Å²) < 4.78 is 16.2. The molecule has 0 radical (unpaired) electrons. The van der Waals surface area contributed by atoms with Crippen molar-refractivity contribution in [1.29, 1.82) is 0 Å². The minimum atomic E-state index is -0.260. The number of nitrogens with one attached hydrogen (secondary N) is 2. The van der Waals surface area contributed by atoms with Crippen LogP contribution in [0.2, 0.25) is 0 Å². The minimum absolute atomic E-state index is 0.00304. The fourth-order valence-electron chi connectivity index (χ4n) is 3.14. The van der Waals surface area contributed by atoms with Crippen molar-refractivity contribution in [1.82, 2.24) is 10.3 Å². The Morgan fingerprint density at radius 2 is 1.71 bits per heavy atom. The number of aromatic nitrogens is 1. The Labute approximate surface area is 182 Å². The zero-order valence-electron chi connectivity index (χ0n) is 17.8. The molecule has 0 bridgehead atoms. The van der Waals surface area contributed by atoms with E-state index < -0.39 is 0 Å². The Morgan fingerprint density at radius 1 is 1.00 bits per heavy atom. The molecule has 166 valence electrons. The molecule has 2 aromatic rings. The Hall–Kier alpha value is -2.81. The van der Waals surface area contributed by atoms with Crippen molar-refractivity contribution < 1.29 is 23.8 Å². The van der Waals surface area contributed by atoms with E-state index in [4.69, 9.17) is 14.2 Å². The molecule has 8 nitrogen and oxygen atoms in total. The molecule has 31 heavy (non-hydrogen) atoms. The van der Waals surface area contributed by atoms with Gasteiger partial charge in [0.15, 0.2) is 0 Å². The maximum atomic E-state index is 12.4. The SMILES string of the molecule is CCCOCCOCCOCCNC(=O)c1cc(-c2ccc3c(c2)NC(=O)C3)ccn1. The number of pyridine rings is 1. The molecule has 2 amide bonds. The largest absolute Gasteiger partial charge is 0.379 e. The lowest BCUT2D eigenvalue weighted by Gasteiger charge is -2.09. The average Bonchev–Trinajstić information content (AvgIpc) is 3.16. The predicted molar refractivity (Wildman–Crippen MR) is 117 cm³/mol. The third-order valence-electron chi connectivity index (χ3n) is 4.69. The number of carbonyl (C=O) groups excluding carboxylic acids is 2. The van der Waals surface area contributed by atoms with E-state index in [-0.39, 0.29) is 11.8 Å². The number of anilines is 1. The lowest BCUT2D eigenvalue weighted by Crippen LogP contribution is -2.28. The second-order valence-electron chi connectivity index (χ2n) is 7.12. The van der Waals surface area contributed by atoms with Crippen LogP contribution < -0.4 is 10.6 Å². The molecule has 0 aliphatic carbocycles. The summed E-state index contributed by atoms with van der Waals surface area (Å²) in [5.74, 6) is -0.263. The quantitative estimate of drug-likeness (QED) is 0.477. The molecule has 0 unspecified atom stereocenters. The number of nitrogens with zero attached hydrogens (tertiary/aromatic N) is 1. The normalized spacial score (nSPS) is 12.5. The lowest BCUT2D eigenvalue weighted by molar-refractivity contribution is -0.115. The van der Waals surface area contributed by atoms with Crippen LogP contribution in [0.3, 0.4) is 0 Å². The Balaban J connectivity index is 1.38. The predicted octanol–water partition coefficient (Wildman–Crippen LogP) is 2.43. The molecule has 1 aliphatic heterocycles. The van der Waals surface area contributed by atoms with E-state index in [1.54, 1.807) is 12.3 Å². The fraction of sp³-hybridized carbons (Fsp3) is 0.435. The van der Waals surface area contributed by atoms with Gasteiger partial charge in [0.2, 0.25) is 5.91 Å². The topological polar surface area (TPSA) is 98.8 Å². The third-order valence-corrected chi connectivity index (χ3v) is 4.69. The molecule has 2 heterocycles. The third kappa shape index (κ3) is 7.13. The first kappa shape index (κ1) is 22.9. The van der Waals surface area contributed by atoms with Crippen LogP contribution in [-0.2, 0) is 25.4 Å². The number of fused-ring (bicyclic) bond motifs is 1. The van der Waals surface area contributed by atoms with Gasteiger partial charge in [-0.3, -0.25) is 14.6 Å². The Morgan fingerprint density at radius 3 is 2.48 bits per heavy atom. The summed E-state index contributed by atoms with van der Waals surface area (Å²) in [5.41, 5.74) is 3.91. The maximum Gasteiger partial charge on any atom is 0.269 e. The molecule has 0 saturated heterocycles. The van der Waals surface area contributed by atoms with E-state index >= 15 is 0 Å². The number of carbonyl (C=O) groups is 2. The second-order valence-corrected chi connectivity index (χ2v) is 7.12. The molecule has 1 aliphatic rings. The number of ether oxygens (including phenoxy) is 3. The van der Waals surface area contributed by atoms with Crippen LogP contribution in [-0.4, -0.2) is 63.0 Å². The van der Waals surface area contributed by atoms with Crippen LogP contribution in [0.5, 0.6) is 0 Å². The summed E-state index contributed by atoms with van der Waals surface area (Å²) in [4.78, 5) is 28.1. The first-order valence-electron chi connectivity index (χ1n) is 10.6. The van der Waals surface area contributed by atoms with Crippen molar-refractivity contribution in [3.05, 3.63) is 47.8 Å². The molecule has 8 heteroatoms. The van der Waals surface area contributed by atoms with Crippen molar-refractivity contribution in [3.8, 4) is 11.1 Å². The molecule has 0 spiro atoms. The van der Waals surface area contributed by atoms with Gasteiger partial charge in [-0.05, 0) is 41.3 Å². The van der Waals surface area contributed by atoms with Crippen molar-refractivity contribution in [2.45, 2.75) is 19.8 Å². The van der Waals surface area contributed by atoms with Gasteiger partial charge in [0.25, 0.3) is 5.91 Å². The summed E-state index contributed by atoms with van der Waals surface area (Å²) in [7, 11) is 0. The number of amides is 2. The monoisotopic (exact) mass is 427 g/mol. The second kappa shape index (κ2) is 12.1. The van der Waals surface area contributed by atoms with Crippen LogP contribution >= 0.6 is 0 Å². The minimum Gasteiger partial charge on any atom is -0.379 e. The average molecular weight is 428 g/mol. The highest BCUT2D eigenvalue weighted by Crippen LogP contribution is 2.29. The van der Waals surface area contributed by atoms with Gasteiger partial charge in [-0.25, -0.2) is 0 Å². The van der Waals surface area contributed by atoms with Crippen LogP contribution in [0.1, 0.15) is 29.4 Å². The van der Waals surface area contributed by atoms with E-state index in [9.17, 15) is 9.59 Å². The standard InChI is InChI=1S/C23H29N3O5/c1-2-8-29-10-12-31-13-11-30-9-7-25-23(28)21-15-18(5-6-24-21)17-3-4-19-16-22(27)26-20(19)14-17/h3-6,14-15H,2,7-13,16H2,1H3,(H,25,28)(H,26,27). The summed E-state index contributed by atoms with van der Waals surface area (Å²) in [6, 6.07) is 9.38. The Bertz CT molecular complexity index is 887. The first-order valence-corrected chi connectivity index (χ1v) is 10.6. The summed E-state index contributed by atoms with van der Waals surface area (Å²) >= 11 is 0. The number of hydrogen-bond donors (Lipinski definition) is 2. The van der Waals surface area contributed by atoms with Crippen molar-refractivity contribution in [2.24, 2.45) is 0 Å².